The number of rotatable bonds is 1. The van der Waals surface area contributed by atoms with Crippen molar-refractivity contribution in [2.75, 3.05) is 5.73 Å². The minimum atomic E-state index is -0.394. The van der Waals surface area contributed by atoms with Gasteiger partial charge in [-0.05, 0) is 25.1 Å². The number of hydrogen-bond acceptors (Lipinski definition) is 2. The summed E-state index contributed by atoms with van der Waals surface area (Å²) in [6.45, 7) is 1.78. The normalized spacial score (nSPS) is 10.6. The van der Waals surface area contributed by atoms with Gasteiger partial charge in [-0.1, -0.05) is 11.6 Å². The van der Waals surface area contributed by atoms with Crippen LogP contribution in [-0.2, 0) is 0 Å². The third-order valence-corrected chi connectivity index (χ3v) is 2.48. The zero-order valence-corrected chi connectivity index (χ0v) is 8.77. The van der Waals surface area contributed by atoms with E-state index in [1.54, 1.807) is 19.1 Å². The van der Waals surface area contributed by atoms with Gasteiger partial charge in [0.2, 0.25) is 0 Å². The Morgan fingerprint density at radius 3 is 2.73 bits per heavy atom. The number of aromatic amines is 1. The number of hydrogen-bond donors (Lipinski definition) is 2. The van der Waals surface area contributed by atoms with Crippen molar-refractivity contribution >= 4 is 17.4 Å². The van der Waals surface area contributed by atoms with Gasteiger partial charge >= 0.3 is 0 Å². The number of aromatic nitrogens is 2. The number of nitrogen functional groups attached to an aromatic ring is 1. The average molecular weight is 226 g/mol. The van der Waals surface area contributed by atoms with Crippen molar-refractivity contribution in [3.8, 4) is 11.3 Å². The van der Waals surface area contributed by atoms with Crippen molar-refractivity contribution in [1.29, 1.82) is 0 Å². The minimum Gasteiger partial charge on any atom is -0.382 e. The highest BCUT2D eigenvalue weighted by Gasteiger charge is 2.12. The summed E-state index contributed by atoms with van der Waals surface area (Å²) in [5.41, 5.74) is 7.30. The van der Waals surface area contributed by atoms with Crippen LogP contribution in [0.15, 0.2) is 18.2 Å². The van der Waals surface area contributed by atoms with Crippen LogP contribution in [0.4, 0.5) is 10.2 Å². The molecule has 1 heterocycles. The van der Waals surface area contributed by atoms with Crippen molar-refractivity contribution in [2.45, 2.75) is 6.92 Å². The van der Waals surface area contributed by atoms with Gasteiger partial charge < -0.3 is 5.73 Å². The molecule has 0 atom stereocenters. The number of benzene rings is 1. The van der Waals surface area contributed by atoms with Crippen LogP contribution in [0.25, 0.3) is 11.3 Å². The van der Waals surface area contributed by atoms with Gasteiger partial charge in [0.1, 0.15) is 11.6 Å². The number of halogens is 2. The molecule has 0 unspecified atom stereocenters. The molecule has 2 aromatic rings. The van der Waals surface area contributed by atoms with Gasteiger partial charge in [0.05, 0.1) is 5.69 Å². The molecule has 0 radical (unpaired) electrons. The van der Waals surface area contributed by atoms with Gasteiger partial charge in [-0.15, -0.1) is 0 Å². The molecule has 0 bridgehead atoms. The first kappa shape index (κ1) is 9.98. The van der Waals surface area contributed by atoms with Crippen LogP contribution in [0.1, 0.15) is 5.56 Å². The highest BCUT2D eigenvalue weighted by Crippen LogP contribution is 2.28. The van der Waals surface area contributed by atoms with Crippen LogP contribution in [0.3, 0.4) is 0 Å². The molecule has 0 amide bonds. The molecule has 5 heteroatoms. The summed E-state index contributed by atoms with van der Waals surface area (Å²) in [4.78, 5) is 0. The summed E-state index contributed by atoms with van der Waals surface area (Å²) in [5.74, 6) is -0.0198. The van der Waals surface area contributed by atoms with Crippen LogP contribution in [-0.4, -0.2) is 10.2 Å². The van der Waals surface area contributed by atoms with E-state index >= 15 is 0 Å². The molecule has 0 spiro atoms. The molecule has 0 saturated heterocycles. The van der Waals surface area contributed by atoms with Gasteiger partial charge in [0, 0.05) is 16.1 Å². The van der Waals surface area contributed by atoms with E-state index < -0.39 is 5.82 Å². The molecule has 3 N–H and O–H groups in total. The SMILES string of the molecule is Cc1c(N)n[nH]c1-c1ccc(Cl)cc1F. The maximum atomic E-state index is 13.6. The molecule has 2 rings (SSSR count). The van der Waals surface area contributed by atoms with E-state index in [-0.39, 0.29) is 0 Å². The first-order valence-corrected chi connectivity index (χ1v) is 4.73. The summed E-state index contributed by atoms with van der Waals surface area (Å²) in [7, 11) is 0. The summed E-state index contributed by atoms with van der Waals surface area (Å²) >= 11 is 5.66. The van der Waals surface area contributed by atoms with Crippen LogP contribution < -0.4 is 5.73 Å². The largest absolute Gasteiger partial charge is 0.382 e. The monoisotopic (exact) mass is 225 g/mol. The first-order chi connectivity index (χ1) is 7.09. The lowest BCUT2D eigenvalue weighted by atomic mass is 10.1. The summed E-state index contributed by atoms with van der Waals surface area (Å²) in [6, 6.07) is 4.47. The van der Waals surface area contributed by atoms with E-state index in [0.717, 1.165) is 5.56 Å². The van der Waals surface area contributed by atoms with Gasteiger partial charge in [-0.25, -0.2) is 4.39 Å². The molecule has 0 aliphatic rings. The Labute approximate surface area is 91.1 Å². The number of H-pyrrole nitrogens is 1. The fourth-order valence-corrected chi connectivity index (χ4v) is 1.53. The Morgan fingerprint density at radius 1 is 1.47 bits per heavy atom. The molecular formula is C10H9ClFN3. The molecule has 1 aromatic carbocycles. The number of nitrogens with one attached hydrogen (secondary N) is 1. The lowest BCUT2D eigenvalue weighted by Crippen LogP contribution is -1.88. The van der Waals surface area contributed by atoms with Crippen molar-refractivity contribution in [3.63, 3.8) is 0 Å². The zero-order chi connectivity index (χ0) is 11.0. The standard InChI is InChI=1S/C10H9ClFN3/c1-5-9(14-15-10(5)13)7-3-2-6(11)4-8(7)12/h2-4H,1H3,(H3,13,14,15). The van der Waals surface area contributed by atoms with Crippen molar-refractivity contribution in [3.05, 3.63) is 34.6 Å². The highest BCUT2D eigenvalue weighted by atomic mass is 35.5. The lowest BCUT2D eigenvalue weighted by Gasteiger charge is -2.02. The first-order valence-electron chi connectivity index (χ1n) is 4.35. The topological polar surface area (TPSA) is 54.7 Å². The van der Waals surface area contributed by atoms with Crippen LogP contribution in [0.5, 0.6) is 0 Å². The van der Waals surface area contributed by atoms with E-state index in [2.05, 4.69) is 10.2 Å². The summed E-state index contributed by atoms with van der Waals surface area (Å²) in [6.07, 6.45) is 0. The van der Waals surface area contributed by atoms with Crippen molar-refractivity contribution in [2.24, 2.45) is 0 Å². The molecule has 15 heavy (non-hydrogen) atoms. The molecule has 0 aliphatic heterocycles. The second kappa shape index (κ2) is 3.55. The van der Waals surface area contributed by atoms with Crippen molar-refractivity contribution in [1.82, 2.24) is 10.2 Å². The molecule has 0 fully saturated rings. The van der Waals surface area contributed by atoms with Crippen LogP contribution in [0.2, 0.25) is 5.02 Å². The van der Waals surface area contributed by atoms with E-state index in [1.165, 1.54) is 6.07 Å². The van der Waals surface area contributed by atoms with E-state index in [1.807, 2.05) is 0 Å². The third kappa shape index (κ3) is 1.68. The Kier molecular flexibility index (Phi) is 2.36. The Balaban J connectivity index is 2.59. The maximum absolute atomic E-state index is 13.6. The van der Waals surface area contributed by atoms with Gasteiger partial charge in [-0.2, -0.15) is 5.10 Å². The quantitative estimate of drug-likeness (QED) is 0.784. The average Bonchev–Trinajstić information content (AvgIpc) is 2.49. The molecule has 78 valence electrons. The Morgan fingerprint density at radius 2 is 2.20 bits per heavy atom. The predicted molar refractivity (Wildman–Crippen MR) is 58.1 cm³/mol. The van der Waals surface area contributed by atoms with Gasteiger partial charge in [0.25, 0.3) is 0 Å². The Bertz CT molecular complexity index is 507. The minimum absolute atomic E-state index is 0.362. The lowest BCUT2D eigenvalue weighted by molar-refractivity contribution is 0.630. The molecule has 0 saturated carbocycles. The fourth-order valence-electron chi connectivity index (χ4n) is 1.37. The van der Waals surface area contributed by atoms with Crippen LogP contribution in [0, 0.1) is 12.7 Å². The maximum Gasteiger partial charge on any atom is 0.148 e. The summed E-state index contributed by atoms with van der Waals surface area (Å²) in [5, 5.41) is 6.86. The smallest absolute Gasteiger partial charge is 0.148 e. The second-order valence-electron chi connectivity index (χ2n) is 3.23. The number of nitrogens with zero attached hydrogens (tertiary/aromatic N) is 1. The van der Waals surface area contributed by atoms with E-state index in [4.69, 9.17) is 17.3 Å². The number of anilines is 1. The fraction of sp³-hybridized carbons (Fsp3) is 0.100. The number of nitrogens with two attached hydrogens (primary N) is 1. The summed E-state index contributed by atoms with van der Waals surface area (Å²) < 4.78 is 13.6. The predicted octanol–water partition coefficient (Wildman–Crippen LogP) is 2.76. The van der Waals surface area contributed by atoms with Gasteiger partial charge in [0.15, 0.2) is 0 Å². The molecule has 3 nitrogen and oxygen atoms in total. The molecule has 1 aromatic heterocycles. The molecular weight excluding hydrogens is 217 g/mol. The van der Waals surface area contributed by atoms with Gasteiger partial charge in [-0.3, -0.25) is 5.10 Å². The van der Waals surface area contributed by atoms with E-state index in [0.29, 0.717) is 22.1 Å². The molecule has 0 aliphatic carbocycles. The van der Waals surface area contributed by atoms with Crippen LogP contribution >= 0.6 is 11.6 Å². The third-order valence-electron chi connectivity index (χ3n) is 2.25. The van der Waals surface area contributed by atoms with E-state index in [9.17, 15) is 4.39 Å². The second-order valence-corrected chi connectivity index (χ2v) is 3.67. The zero-order valence-electron chi connectivity index (χ0n) is 8.01. The Hall–Kier alpha value is -1.55. The highest BCUT2D eigenvalue weighted by molar-refractivity contribution is 6.30. The van der Waals surface area contributed by atoms with Crippen molar-refractivity contribution < 1.29 is 4.39 Å².